The van der Waals surface area contributed by atoms with Crippen LogP contribution in [-0.2, 0) is 9.59 Å². The van der Waals surface area contributed by atoms with E-state index in [-0.39, 0.29) is 12.3 Å². The van der Waals surface area contributed by atoms with Crippen LogP contribution in [0.25, 0.3) is 0 Å². The highest BCUT2D eigenvalue weighted by Crippen LogP contribution is 2.43. The quantitative estimate of drug-likeness (QED) is 0.841. The molecule has 1 amide bonds. The third-order valence-corrected chi connectivity index (χ3v) is 5.38. The molecule has 0 radical (unpaired) electrons. The number of amides is 1. The number of piperidine rings is 1. The minimum atomic E-state index is -0.884. The van der Waals surface area contributed by atoms with Gasteiger partial charge in [0, 0.05) is 45.4 Å². The second kappa shape index (κ2) is 5.92. The van der Waals surface area contributed by atoms with Crippen LogP contribution in [0.3, 0.4) is 0 Å². The topological polar surface area (TPSA) is 98.7 Å². The third-order valence-electron chi connectivity index (χ3n) is 5.38. The molecule has 8 nitrogen and oxygen atoms in total. The molecular formula is C16H23N5O3. The highest BCUT2D eigenvalue weighted by Gasteiger charge is 2.55. The maximum Gasteiger partial charge on any atom is 0.309 e. The number of hydrogen-bond acceptors (Lipinski definition) is 6. The molecule has 0 aromatic carbocycles. The van der Waals surface area contributed by atoms with Crippen molar-refractivity contribution >= 4 is 23.6 Å². The summed E-state index contributed by atoms with van der Waals surface area (Å²) in [5.74, 6) is -0.198. The average Bonchev–Trinajstić information content (AvgIpc) is 2.80. The summed E-state index contributed by atoms with van der Waals surface area (Å²) in [5.41, 5.74) is 0.288. The van der Waals surface area contributed by atoms with Gasteiger partial charge in [-0.05, 0) is 19.8 Å². The van der Waals surface area contributed by atoms with Crippen LogP contribution in [0.1, 0.15) is 25.0 Å². The predicted octanol–water partition coefficient (Wildman–Crippen LogP) is 0.729. The van der Waals surface area contributed by atoms with Crippen LogP contribution in [0.2, 0.25) is 0 Å². The Balaban J connectivity index is 1.81. The molecule has 3 rings (SSSR count). The molecule has 130 valence electrons. The predicted molar refractivity (Wildman–Crippen MR) is 89.0 cm³/mol. The molecule has 2 N–H and O–H groups in total. The molecule has 0 aliphatic carbocycles. The Bertz CT molecular complexity index is 670. The van der Waals surface area contributed by atoms with Gasteiger partial charge >= 0.3 is 5.97 Å². The number of carbonyl (C=O) groups excluding carboxylic acids is 1. The van der Waals surface area contributed by atoms with Crippen LogP contribution >= 0.6 is 0 Å². The summed E-state index contributed by atoms with van der Waals surface area (Å²) in [4.78, 5) is 36.4. The maximum atomic E-state index is 12.1. The van der Waals surface area contributed by atoms with Crippen molar-refractivity contribution in [2.24, 2.45) is 5.92 Å². The first-order valence-electron chi connectivity index (χ1n) is 8.15. The first-order valence-corrected chi connectivity index (χ1v) is 8.15. The van der Waals surface area contributed by atoms with Gasteiger partial charge < -0.3 is 20.2 Å². The standard InChI is InChI=1S/C16H23N5O3/c1-10-8-12(17-2)19-15(18-10)21-6-4-16(5-7-21)11(14(23)24)9-13(22)20(16)3/h8,11H,4-7,9H2,1-3H3,(H,23,24)(H,17,18,19). The molecule has 2 aliphatic heterocycles. The Morgan fingerprint density at radius 1 is 1.38 bits per heavy atom. The summed E-state index contributed by atoms with van der Waals surface area (Å²) in [6.45, 7) is 3.18. The van der Waals surface area contributed by atoms with Crippen LogP contribution in [0.4, 0.5) is 11.8 Å². The number of carboxylic acids is 1. The zero-order chi connectivity index (χ0) is 17.5. The maximum absolute atomic E-state index is 12.1. The number of hydrogen-bond donors (Lipinski definition) is 2. The first-order chi connectivity index (χ1) is 11.4. The second-order valence-electron chi connectivity index (χ2n) is 6.58. The van der Waals surface area contributed by atoms with Crippen molar-refractivity contribution in [2.75, 3.05) is 37.4 Å². The SMILES string of the molecule is CNc1cc(C)nc(N2CCC3(CC2)C(C(=O)O)CC(=O)N3C)n1. The average molecular weight is 333 g/mol. The van der Waals surface area contributed by atoms with E-state index in [0.29, 0.717) is 31.9 Å². The van der Waals surface area contributed by atoms with Gasteiger partial charge in [0.05, 0.1) is 11.5 Å². The Hall–Kier alpha value is -2.38. The molecule has 0 bridgehead atoms. The van der Waals surface area contributed by atoms with Crippen LogP contribution < -0.4 is 10.2 Å². The summed E-state index contributed by atoms with van der Waals surface area (Å²) in [7, 11) is 3.54. The van der Waals surface area contributed by atoms with E-state index in [1.54, 1.807) is 11.9 Å². The molecule has 3 heterocycles. The number of carbonyl (C=O) groups is 2. The number of aliphatic carboxylic acids is 1. The summed E-state index contributed by atoms with van der Waals surface area (Å²) in [5, 5.41) is 12.6. The van der Waals surface area contributed by atoms with Crippen LogP contribution in [-0.4, -0.2) is 64.6 Å². The Morgan fingerprint density at radius 2 is 2.04 bits per heavy atom. The van der Waals surface area contributed by atoms with Crippen LogP contribution in [0.5, 0.6) is 0 Å². The van der Waals surface area contributed by atoms with Crippen molar-refractivity contribution < 1.29 is 14.7 Å². The monoisotopic (exact) mass is 333 g/mol. The van der Waals surface area contributed by atoms with Gasteiger partial charge in [-0.25, -0.2) is 4.98 Å². The van der Waals surface area contributed by atoms with E-state index in [0.717, 1.165) is 11.5 Å². The fourth-order valence-corrected chi connectivity index (χ4v) is 3.90. The lowest BCUT2D eigenvalue weighted by Gasteiger charge is -2.45. The van der Waals surface area contributed by atoms with Gasteiger partial charge in [-0.2, -0.15) is 4.98 Å². The van der Waals surface area contributed by atoms with Crippen molar-refractivity contribution in [2.45, 2.75) is 31.7 Å². The van der Waals surface area contributed by atoms with Gasteiger partial charge in [-0.3, -0.25) is 9.59 Å². The van der Waals surface area contributed by atoms with E-state index < -0.39 is 17.4 Å². The first kappa shape index (κ1) is 16.5. The number of carboxylic acid groups (broad SMARTS) is 1. The highest BCUT2D eigenvalue weighted by molar-refractivity contribution is 5.88. The number of nitrogens with one attached hydrogen (secondary N) is 1. The molecule has 1 aromatic rings. The largest absolute Gasteiger partial charge is 0.481 e. The lowest BCUT2D eigenvalue weighted by atomic mass is 9.77. The van der Waals surface area contributed by atoms with Crippen molar-refractivity contribution in [3.05, 3.63) is 11.8 Å². The van der Waals surface area contributed by atoms with Gasteiger partial charge in [0.25, 0.3) is 0 Å². The van der Waals surface area contributed by atoms with E-state index in [4.69, 9.17) is 0 Å². The Morgan fingerprint density at radius 3 is 2.62 bits per heavy atom. The molecule has 0 saturated carbocycles. The Kier molecular flexibility index (Phi) is 4.06. The summed E-state index contributed by atoms with van der Waals surface area (Å²) >= 11 is 0. The van der Waals surface area contributed by atoms with Gasteiger partial charge in [0.1, 0.15) is 5.82 Å². The van der Waals surface area contributed by atoms with E-state index in [1.807, 2.05) is 20.0 Å². The van der Waals surface area contributed by atoms with Crippen molar-refractivity contribution in [3.63, 3.8) is 0 Å². The number of aryl methyl sites for hydroxylation is 1. The van der Waals surface area contributed by atoms with Crippen LogP contribution in [0.15, 0.2) is 6.07 Å². The van der Waals surface area contributed by atoms with Crippen molar-refractivity contribution in [1.29, 1.82) is 0 Å². The second-order valence-corrected chi connectivity index (χ2v) is 6.58. The Labute approximate surface area is 140 Å². The molecule has 1 atom stereocenters. The van der Waals surface area contributed by atoms with Gasteiger partial charge in [-0.15, -0.1) is 0 Å². The van der Waals surface area contributed by atoms with E-state index in [9.17, 15) is 14.7 Å². The van der Waals surface area contributed by atoms with E-state index >= 15 is 0 Å². The van der Waals surface area contributed by atoms with E-state index in [2.05, 4.69) is 20.2 Å². The molecule has 24 heavy (non-hydrogen) atoms. The lowest BCUT2D eigenvalue weighted by molar-refractivity contribution is -0.145. The van der Waals surface area contributed by atoms with E-state index in [1.165, 1.54) is 0 Å². The smallest absolute Gasteiger partial charge is 0.309 e. The van der Waals surface area contributed by atoms with Gasteiger partial charge in [0.15, 0.2) is 0 Å². The summed E-state index contributed by atoms with van der Waals surface area (Å²) in [6.07, 6.45) is 1.31. The van der Waals surface area contributed by atoms with Crippen molar-refractivity contribution in [3.8, 4) is 0 Å². The highest BCUT2D eigenvalue weighted by atomic mass is 16.4. The van der Waals surface area contributed by atoms with Crippen molar-refractivity contribution in [1.82, 2.24) is 14.9 Å². The zero-order valence-corrected chi connectivity index (χ0v) is 14.2. The fourth-order valence-electron chi connectivity index (χ4n) is 3.90. The molecule has 1 aromatic heterocycles. The zero-order valence-electron chi connectivity index (χ0n) is 14.2. The molecule has 2 aliphatic rings. The number of nitrogens with zero attached hydrogens (tertiary/aromatic N) is 4. The van der Waals surface area contributed by atoms with Gasteiger partial charge in [0.2, 0.25) is 11.9 Å². The number of likely N-dealkylation sites (tertiary alicyclic amines) is 1. The molecule has 1 unspecified atom stereocenters. The number of anilines is 2. The summed E-state index contributed by atoms with van der Waals surface area (Å²) in [6, 6.07) is 1.87. The molecule has 1 spiro atoms. The molecule has 2 fully saturated rings. The molecule has 8 heteroatoms. The number of aromatic nitrogens is 2. The summed E-state index contributed by atoms with van der Waals surface area (Å²) < 4.78 is 0. The fraction of sp³-hybridized carbons (Fsp3) is 0.625. The molecular weight excluding hydrogens is 310 g/mol. The molecule has 2 saturated heterocycles. The normalized spacial score (nSPS) is 23.0. The number of rotatable bonds is 3. The minimum absolute atomic E-state index is 0.0832. The minimum Gasteiger partial charge on any atom is -0.481 e. The van der Waals surface area contributed by atoms with Gasteiger partial charge in [-0.1, -0.05) is 0 Å². The lowest BCUT2D eigenvalue weighted by Crippen LogP contribution is -2.56. The van der Waals surface area contributed by atoms with Crippen LogP contribution in [0, 0.1) is 12.8 Å². The third kappa shape index (κ3) is 2.55.